The Morgan fingerprint density at radius 1 is 1.43 bits per heavy atom. The Morgan fingerprint density at radius 3 is 2.76 bits per heavy atom. The van der Waals surface area contributed by atoms with Gasteiger partial charge in [0.05, 0.1) is 11.7 Å². The molecule has 1 aromatic rings. The molecule has 0 spiro atoms. The molecule has 0 bridgehead atoms. The van der Waals surface area contributed by atoms with E-state index in [1.807, 2.05) is 0 Å². The molecule has 1 aromatic carbocycles. The second kappa shape index (κ2) is 5.93. The van der Waals surface area contributed by atoms with Crippen molar-refractivity contribution in [2.24, 2.45) is 0 Å². The minimum absolute atomic E-state index is 0.00622. The summed E-state index contributed by atoms with van der Waals surface area (Å²) in [7, 11) is 1.56. The molecule has 0 radical (unpaired) electrons. The van der Waals surface area contributed by atoms with Gasteiger partial charge in [-0.25, -0.2) is 0 Å². The Balaban J connectivity index is 2.23. The molecular formula is C14H17F3N2O2. The van der Waals surface area contributed by atoms with Crippen LogP contribution in [0.15, 0.2) is 18.2 Å². The van der Waals surface area contributed by atoms with E-state index < -0.39 is 17.6 Å². The van der Waals surface area contributed by atoms with Crippen LogP contribution in [0.1, 0.15) is 28.8 Å². The van der Waals surface area contributed by atoms with Crippen molar-refractivity contribution in [1.82, 2.24) is 4.90 Å². The van der Waals surface area contributed by atoms with Gasteiger partial charge in [-0.15, -0.1) is 0 Å². The number of halogens is 3. The van der Waals surface area contributed by atoms with E-state index in [1.165, 1.54) is 11.0 Å². The molecule has 2 N–H and O–H groups in total. The number of piperidine rings is 1. The van der Waals surface area contributed by atoms with Crippen molar-refractivity contribution >= 4 is 11.6 Å². The second-order valence-corrected chi connectivity index (χ2v) is 5.05. The number of benzene rings is 1. The Kier molecular flexibility index (Phi) is 4.41. The molecule has 21 heavy (non-hydrogen) atoms. The Hall–Kier alpha value is -1.76. The highest BCUT2D eigenvalue weighted by atomic mass is 19.4. The third-order valence-electron chi connectivity index (χ3n) is 3.60. The highest BCUT2D eigenvalue weighted by Gasteiger charge is 2.34. The maximum atomic E-state index is 12.8. The van der Waals surface area contributed by atoms with E-state index in [-0.39, 0.29) is 17.4 Å². The summed E-state index contributed by atoms with van der Waals surface area (Å²) in [5.74, 6) is -0.428. The summed E-state index contributed by atoms with van der Waals surface area (Å²) in [6.45, 7) is 0.908. The predicted molar refractivity (Wildman–Crippen MR) is 71.8 cm³/mol. The van der Waals surface area contributed by atoms with Crippen molar-refractivity contribution in [2.75, 3.05) is 25.9 Å². The normalized spacial score (nSPS) is 19.6. The van der Waals surface area contributed by atoms with Gasteiger partial charge in [0.1, 0.15) is 0 Å². The van der Waals surface area contributed by atoms with Crippen LogP contribution in [-0.4, -0.2) is 37.1 Å². The molecule has 4 nitrogen and oxygen atoms in total. The predicted octanol–water partition coefficient (Wildman–Crippen LogP) is 2.54. The number of nitrogen functional groups attached to an aromatic ring is 1. The second-order valence-electron chi connectivity index (χ2n) is 5.05. The number of rotatable bonds is 2. The first-order valence-electron chi connectivity index (χ1n) is 6.61. The largest absolute Gasteiger partial charge is 0.418 e. The van der Waals surface area contributed by atoms with Gasteiger partial charge in [-0.1, -0.05) is 0 Å². The number of nitrogens with zero attached hydrogens (tertiary/aromatic N) is 1. The molecule has 1 aliphatic heterocycles. The van der Waals surface area contributed by atoms with E-state index in [4.69, 9.17) is 10.5 Å². The van der Waals surface area contributed by atoms with Gasteiger partial charge in [0.2, 0.25) is 0 Å². The van der Waals surface area contributed by atoms with E-state index in [0.29, 0.717) is 13.1 Å². The molecule has 7 heteroatoms. The van der Waals surface area contributed by atoms with Crippen molar-refractivity contribution in [3.05, 3.63) is 29.3 Å². The molecule has 1 aliphatic rings. The summed E-state index contributed by atoms with van der Waals surface area (Å²) < 4.78 is 43.7. The minimum Gasteiger partial charge on any atom is -0.398 e. The molecular weight excluding hydrogens is 285 g/mol. The number of ether oxygens (including phenoxy) is 1. The van der Waals surface area contributed by atoms with E-state index >= 15 is 0 Å². The van der Waals surface area contributed by atoms with Gasteiger partial charge in [-0.3, -0.25) is 4.79 Å². The van der Waals surface area contributed by atoms with Crippen molar-refractivity contribution < 1.29 is 22.7 Å². The zero-order valence-corrected chi connectivity index (χ0v) is 11.6. The summed E-state index contributed by atoms with van der Waals surface area (Å²) in [5, 5.41) is 0. The lowest BCUT2D eigenvalue weighted by Gasteiger charge is -2.32. The van der Waals surface area contributed by atoms with E-state index in [0.717, 1.165) is 25.0 Å². The fraction of sp³-hybridized carbons (Fsp3) is 0.500. The zero-order valence-electron chi connectivity index (χ0n) is 11.6. The number of anilines is 1. The molecule has 2 rings (SSSR count). The Bertz CT molecular complexity index is 531. The maximum absolute atomic E-state index is 12.8. The molecule has 116 valence electrons. The van der Waals surface area contributed by atoms with Crippen LogP contribution >= 0.6 is 0 Å². The quantitative estimate of drug-likeness (QED) is 0.854. The number of hydrogen-bond donors (Lipinski definition) is 1. The van der Waals surface area contributed by atoms with Crippen LogP contribution < -0.4 is 5.73 Å². The number of carbonyl (C=O) groups excluding carboxylic acids is 1. The number of hydrogen-bond acceptors (Lipinski definition) is 3. The van der Waals surface area contributed by atoms with E-state index in [9.17, 15) is 18.0 Å². The van der Waals surface area contributed by atoms with Crippen LogP contribution in [0.25, 0.3) is 0 Å². The zero-order chi connectivity index (χ0) is 15.6. The Morgan fingerprint density at radius 2 is 2.14 bits per heavy atom. The lowest BCUT2D eigenvalue weighted by atomic mass is 10.0. The first-order valence-corrected chi connectivity index (χ1v) is 6.61. The molecule has 1 heterocycles. The number of amides is 1. The van der Waals surface area contributed by atoms with Gasteiger partial charge in [0.15, 0.2) is 0 Å². The van der Waals surface area contributed by atoms with E-state index in [2.05, 4.69) is 0 Å². The number of alkyl halides is 3. The van der Waals surface area contributed by atoms with E-state index in [1.54, 1.807) is 7.11 Å². The van der Waals surface area contributed by atoms with Gasteiger partial charge in [0.25, 0.3) is 5.91 Å². The summed E-state index contributed by atoms with van der Waals surface area (Å²) in [4.78, 5) is 13.8. The van der Waals surface area contributed by atoms with Crippen LogP contribution in [0.4, 0.5) is 18.9 Å². The number of nitrogens with two attached hydrogens (primary N) is 1. The molecule has 1 saturated heterocycles. The average molecular weight is 302 g/mol. The lowest BCUT2D eigenvalue weighted by Crippen LogP contribution is -2.42. The molecule has 1 amide bonds. The molecule has 0 saturated carbocycles. The van der Waals surface area contributed by atoms with Crippen molar-refractivity contribution in [3.63, 3.8) is 0 Å². The highest BCUT2D eigenvalue weighted by molar-refractivity contribution is 5.95. The van der Waals surface area contributed by atoms with Crippen LogP contribution in [0.3, 0.4) is 0 Å². The maximum Gasteiger partial charge on any atom is 0.418 e. The molecule has 0 aliphatic carbocycles. The lowest BCUT2D eigenvalue weighted by molar-refractivity contribution is -0.136. The van der Waals surface area contributed by atoms with Crippen molar-refractivity contribution in [1.29, 1.82) is 0 Å². The number of methoxy groups -OCH3 is 1. The molecule has 1 atom stereocenters. The smallest absolute Gasteiger partial charge is 0.398 e. The van der Waals surface area contributed by atoms with Gasteiger partial charge in [-0.05, 0) is 31.0 Å². The molecule has 1 fully saturated rings. The fourth-order valence-electron chi connectivity index (χ4n) is 2.43. The van der Waals surface area contributed by atoms with Crippen LogP contribution in [0.5, 0.6) is 0 Å². The monoisotopic (exact) mass is 302 g/mol. The summed E-state index contributed by atoms with van der Waals surface area (Å²) >= 11 is 0. The first-order chi connectivity index (χ1) is 9.82. The van der Waals surface area contributed by atoms with Gasteiger partial charge in [0, 0.05) is 31.5 Å². The van der Waals surface area contributed by atoms with Crippen LogP contribution in [0.2, 0.25) is 0 Å². The Labute approximate surface area is 120 Å². The fourth-order valence-corrected chi connectivity index (χ4v) is 2.43. The van der Waals surface area contributed by atoms with Crippen molar-refractivity contribution in [2.45, 2.75) is 25.1 Å². The van der Waals surface area contributed by atoms with Crippen LogP contribution in [0, 0.1) is 0 Å². The summed E-state index contributed by atoms with van der Waals surface area (Å²) in [6, 6.07) is 3.26. The topological polar surface area (TPSA) is 55.6 Å². The number of likely N-dealkylation sites (tertiary alicyclic amines) is 1. The summed E-state index contributed by atoms with van der Waals surface area (Å²) in [5.41, 5.74) is 3.97. The summed E-state index contributed by atoms with van der Waals surface area (Å²) in [6.07, 6.45) is -3.03. The van der Waals surface area contributed by atoms with Crippen LogP contribution in [-0.2, 0) is 10.9 Å². The highest BCUT2D eigenvalue weighted by Crippen LogP contribution is 2.34. The minimum atomic E-state index is -4.57. The molecule has 0 aromatic heterocycles. The third-order valence-corrected chi connectivity index (χ3v) is 3.60. The SMILES string of the molecule is COC1CCCN(C(=O)c2ccc(N)c(C(F)(F)F)c2)C1. The van der Waals surface area contributed by atoms with Gasteiger partial charge < -0.3 is 15.4 Å². The molecule has 1 unspecified atom stereocenters. The van der Waals surface area contributed by atoms with Gasteiger partial charge in [-0.2, -0.15) is 13.2 Å². The van der Waals surface area contributed by atoms with Crippen molar-refractivity contribution in [3.8, 4) is 0 Å². The third kappa shape index (κ3) is 3.47. The van der Waals surface area contributed by atoms with Gasteiger partial charge >= 0.3 is 6.18 Å². The average Bonchev–Trinajstić information content (AvgIpc) is 2.46. The first kappa shape index (κ1) is 15.6. The number of carbonyl (C=O) groups is 1. The standard InChI is InChI=1S/C14H17F3N2O2/c1-21-10-3-2-6-19(8-10)13(20)9-4-5-12(18)11(7-9)14(15,16)17/h4-5,7,10H,2-3,6,8,18H2,1H3.